The molecule has 1 heterocycles. The van der Waals surface area contributed by atoms with Crippen LogP contribution in [0.3, 0.4) is 0 Å². The summed E-state index contributed by atoms with van der Waals surface area (Å²) in [7, 11) is 0. The van der Waals surface area contributed by atoms with Gasteiger partial charge in [-0.05, 0) is 44.0 Å². The van der Waals surface area contributed by atoms with Crippen molar-refractivity contribution < 1.29 is 19.1 Å². The third-order valence-electron chi connectivity index (χ3n) is 3.95. The Morgan fingerprint density at radius 3 is 2.67 bits per heavy atom. The van der Waals surface area contributed by atoms with Gasteiger partial charge in [0.1, 0.15) is 5.75 Å². The van der Waals surface area contributed by atoms with E-state index in [1.807, 2.05) is 19.1 Å². The Balaban J connectivity index is 1.78. The molecule has 0 radical (unpaired) electrons. The Morgan fingerprint density at radius 2 is 2.08 bits per heavy atom. The molecule has 1 aromatic rings. The van der Waals surface area contributed by atoms with E-state index in [1.54, 1.807) is 17.0 Å². The summed E-state index contributed by atoms with van der Waals surface area (Å²) in [4.78, 5) is 25.5. The number of nitrogens with zero attached hydrogens (tertiary/aromatic N) is 1. The van der Waals surface area contributed by atoms with Crippen LogP contribution in [0.2, 0.25) is 0 Å². The second kappa shape index (κ2) is 9.27. The molecule has 1 aliphatic rings. The summed E-state index contributed by atoms with van der Waals surface area (Å²) in [5, 5.41) is 2.84. The van der Waals surface area contributed by atoms with Crippen molar-refractivity contribution in [1.29, 1.82) is 0 Å². The quantitative estimate of drug-likeness (QED) is 0.793. The van der Waals surface area contributed by atoms with Gasteiger partial charge in [-0.2, -0.15) is 0 Å². The Morgan fingerprint density at radius 1 is 1.33 bits per heavy atom. The van der Waals surface area contributed by atoms with Crippen molar-refractivity contribution in [2.45, 2.75) is 39.2 Å². The van der Waals surface area contributed by atoms with E-state index in [4.69, 9.17) is 9.47 Å². The Kier molecular flexibility index (Phi) is 7.06. The minimum atomic E-state index is -0.113. The third kappa shape index (κ3) is 5.85. The van der Waals surface area contributed by atoms with E-state index in [0.29, 0.717) is 19.7 Å². The highest BCUT2D eigenvalue weighted by atomic mass is 16.5. The molecule has 1 unspecified atom stereocenters. The zero-order chi connectivity index (χ0) is 17.4. The standard InChI is InChI=1S/C18H26N2O4/c1-3-23-16-8-6-15(7-9-16)19-18(22)10-11-20(14(2)21)13-17-5-4-12-24-17/h6-9,17H,3-5,10-13H2,1-2H3,(H,19,22). The van der Waals surface area contributed by atoms with Crippen molar-refractivity contribution in [2.75, 3.05) is 31.6 Å². The van der Waals surface area contributed by atoms with Crippen LogP contribution in [0.1, 0.15) is 33.1 Å². The fraction of sp³-hybridized carbons (Fsp3) is 0.556. The summed E-state index contributed by atoms with van der Waals surface area (Å²) in [5.74, 6) is 0.631. The molecular weight excluding hydrogens is 308 g/mol. The predicted molar refractivity (Wildman–Crippen MR) is 92.1 cm³/mol. The molecule has 2 amide bonds. The average Bonchev–Trinajstić information content (AvgIpc) is 3.06. The number of carbonyl (C=O) groups is 2. The van der Waals surface area contributed by atoms with Crippen LogP contribution < -0.4 is 10.1 Å². The van der Waals surface area contributed by atoms with Crippen LogP contribution in [0, 0.1) is 0 Å². The number of anilines is 1. The maximum Gasteiger partial charge on any atom is 0.226 e. The second-order valence-corrected chi connectivity index (χ2v) is 5.86. The molecule has 1 saturated heterocycles. The highest BCUT2D eigenvalue weighted by Crippen LogP contribution is 2.16. The number of hydrogen-bond donors (Lipinski definition) is 1. The van der Waals surface area contributed by atoms with Gasteiger partial charge in [-0.1, -0.05) is 0 Å². The second-order valence-electron chi connectivity index (χ2n) is 5.86. The Labute approximate surface area is 143 Å². The van der Waals surface area contributed by atoms with Crippen molar-refractivity contribution in [3.63, 3.8) is 0 Å². The van der Waals surface area contributed by atoms with Crippen LogP contribution in [0.15, 0.2) is 24.3 Å². The summed E-state index contributed by atoms with van der Waals surface area (Å²) < 4.78 is 10.9. The molecule has 6 heteroatoms. The molecule has 1 atom stereocenters. The molecular formula is C18H26N2O4. The predicted octanol–water partition coefficient (Wildman–Crippen LogP) is 2.44. The highest BCUT2D eigenvalue weighted by Gasteiger charge is 2.21. The van der Waals surface area contributed by atoms with Gasteiger partial charge in [0.15, 0.2) is 0 Å². The third-order valence-corrected chi connectivity index (χ3v) is 3.95. The summed E-state index contributed by atoms with van der Waals surface area (Å²) in [5.41, 5.74) is 0.719. The fourth-order valence-electron chi connectivity index (χ4n) is 2.67. The van der Waals surface area contributed by atoms with E-state index in [-0.39, 0.29) is 24.3 Å². The normalized spacial score (nSPS) is 16.7. The highest BCUT2D eigenvalue weighted by molar-refractivity contribution is 5.91. The van der Waals surface area contributed by atoms with Crippen molar-refractivity contribution in [1.82, 2.24) is 4.90 Å². The molecule has 6 nitrogen and oxygen atoms in total. The maximum atomic E-state index is 12.1. The van der Waals surface area contributed by atoms with Crippen LogP contribution in [0.5, 0.6) is 5.75 Å². The van der Waals surface area contributed by atoms with Gasteiger partial charge < -0.3 is 19.7 Å². The number of nitrogens with one attached hydrogen (secondary N) is 1. The van der Waals surface area contributed by atoms with E-state index in [2.05, 4.69) is 5.32 Å². The SMILES string of the molecule is CCOc1ccc(NC(=O)CCN(CC2CCCO2)C(C)=O)cc1. The van der Waals surface area contributed by atoms with Gasteiger partial charge >= 0.3 is 0 Å². The number of hydrogen-bond acceptors (Lipinski definition) is 4. The lowest BCUT2D eigenvalue weighted by atomic mass is 10.2. The van der Waals surface area contributed by atoms with E-state index in [9.17, 15) is 9.59 Å². The largest absolute Gasteiger partial charge is 0.494 e. The molecule has 0 aromatic heterocycles. The topological polar surface area (TPSA) is 67.9 Å². The zero-order valence-corrected chi connectivity index (χ0v) is 14.4. The lowest BCUT2D eigenvalue weighted by Gasteiger charge is -2.23. The van der Waals surface area contributed by atoms with Crippen LogP contribution in [-0.2, 0) is 14.3 Å². The molecule has 0 spiro atoms. The first-order valence-electron chi connectivity index (χ1n) is 8.48. The van der Waals surface area contributed by atoms with Crippen LogP contribution in [0.4, 0.5) is 5.69 Å². The smallest absolute Gasteiger partial charge is 0.226 e. The van der Waals surface area contributed by atoms with E-state index >= 15 is 0 Å². The van der Waals surface area contributed by atoms with Crippen LogP contribution in [0.25, 0.3) is 0 Å². The van der Waals surface area contributed by atoms with Gasteiger partial charge in [-0.25, -0.2) is 0 Å². The van der Waals surface area contributed by atoms with Crippen molar-refractivity contribution in [3.05, 3.63) is 24.3 Å². The lowest BCUT2D eigenvalue weighted by Crippen LogP contribution is -2.37. The molecule has 132 valence electrons. The molecule has 0 bridgehead atoms. The number of amides is 2. The van der Waals surface area contributed by atoms with Crippen LogP contribution >= 0.6 is 0 Å². The van der Waals surface area contributed by atoms with Gasteiger partial charge in [-0.15, -0.1) is 0 Å². The summed E-state index contributed by atoms with van der Waals surface area (Å²) in [6.07, 6.45) is 2.37. The lowest BCUT2D eigenvalue weighted by molar-refractivity contribution is -0.130. The summed E-state index contributed by atoms with van der Waals surface area (Å²) in [6.45, 7) is 5.78. The molecule has 1 aromatic carbocycles. The molecule has 1 N–H and O–H groups in total. The number of benzene rings is 1. The molecule has 24 heavy (non-hydrogen) atoms. The monoisotopic (exact) mass is 334 g/mol. The minimum Gasteiger partial charge on any atom is -0.494 e. The Bertz CT molecular complexity index is 538. The van der Waals surface area contributed by atoms with Gasteiger partial charge in [0.2, 0.25) is 11.8 Å². The first-order chi connectivity index (χ1) is 11.6. The molecule has 0 saturated carbocycles. The van der Waals surface area contributed by atoms with Crippen molar-refractivity contribution in [2.24, 2.45) is 0 Å². The van der Waals surface area contributed by atoms with Crippen molar-refractivity contribution in [3.8, 4) is 5.75 Å². The summed E-state index contributed by atoms with van der Waals surface area (Å²) >= 11 is 0. The molecule has 1 aliphatic heterocycles. The first kappa shape index (κ1) is 18.3. The molecule has 1 fully saturated rings. The van der Waals surface area contributed by atoms with Gasteiger partial charge in [-0.3, -0.25) is 9.59 Å². The maximum absolute atomic E-state index is 12.1. The van der Waals surface area contributed by atoms with Crippen LogP contribution in [-0.4, -0.2) is 49.1 Å². The molecule has 0 aliphatic carbocycles. The number of ether oxygens (including phenoxy) is 2. The Hall–Kier alpha value is -2.08. The molecule has 2 rings (SSSR count). The van der Waals surface area contributed by atoms with E-state index in [1.165, 1.54) is 6.92 Å². The average molecular weight is 334 g/mol. The van der Waals surface area contributed by atoms with Gasteiger partial charge in [0.25, 0.3) is 0 Å². The number of rotatable bonds is 8. The van der Waals surface area contributed by atoms with Gasteiger partial charge in [0, 0.05) is 38.7 Å². The van der Waals surface area contributed by atoms with Gasteiger partial charge in [0.05, 0.1) is 12.7 Å². The fourth-order valence-corrected chi connectivity index (χ4v) is 2.67. The minimum absolute atomic E-state index is 0.0284. The number of carbonyl (C=O) groups excluding carboxylic acids is 2. The first-order valence-corrected chi connectivity index (χ1v) is 8.48. The van der Waals surface area contributed by atoms with E-state index in [0.717, 1.165) is 30.9 Å². The zero-order valence-electron chi connectivity index (χ0n) is 14.4. The van der Waals surface area contributed by atoms with E-state index < -0.39 is 0 Å². The summed E-state index contributed by atoms with van der Waals surface area (Å²) in [6, 6.07) is 7.24. The van der Waals surface area contributed by atoms with Crippen molar-refractivity contribution >= 4 is 17.5 Å².